The quantitative estimate of drug-likeness (QED) is 0.157. The van der Waals surface area contributed by atoms with E-state index in [-0.39, 0.29) is 0 Å². The van der Waals surface area contributed by atoms with E-state index < -0.39 is 0 Å². The lowest BCUT2D eigenvalue weighted by molar-refractivity contribution is 1.11. The van der Waals surface area contributed by atoms with Crippen LogP contribution in [0, 0.1) is 0 Å². The zero-order valence-electron chi connectivity index (χ0n) is 42.7. The zero-order valence-corrected chi connectivity index (χ0v) is 42.7. The van der Waals surface area contributed by atoms with Crippen molar-refractivity contribution < 1.29 is 0 Å². The number of nitrogens with zero attached hydrogens (tertiary/aromatic N) is 6. The molecule has 0 spiro atoms. The number of aromatic nitrogens is 6. The van der Waals surface area contributed by atoms with Crippen LogP contribution in [0.3, 0.4) is 0 Å². The molecule has 0 unspecified atom stereocenters. The van der Waals surface area contributed by atoms with Crippen LogP contribution in [0.2, 0.25) is 0 Å². The molecule has 5 heterocycles. The molecule has 0 aliphatic heterocycles. The van der Waals surface area contributed by atoms with E-state index in [4.69, 9.17) is 4.98 Å². The SMILES string of the molecule is c1ccc(-c2ccc(-n3c4ccccc4c4c5c6ccccc6n(-c6ccc(-c7ccc(-c8ccc9nc%10n(-c%11ccc%12c(c%11)c%11ccccc%11n%12-c%11ccccc%11)c%11ccccc%11n%10c9c8)cc7)cc6)c5ccc43)cc2)cc1. The van der Waals surface area contributed by atoms with Gasteiger partial charge in [-0.15, -0.1) is 0 Å². The summed E-state index contributed by atoms with van der Waals surface area (Å²) in [5.41, 5.74) is 23.0. The number of benzene rings is 12. The number of imidazole rings is 2. The molecule has 0 fully saturated rings. The number of para-hydroxylation sites is 6. The monoisotopic (exact) mass is 1010 g/mol. The van der Waals surface area contributed by atoms with Crippen molar-refractivity contribution in [3.8, 4) is 56.1 Å². The lowest BCUT2D eigenvalue weighted by atomic mass is 10.00. The Kier molecular flexibility index (Phi) is 9.32. The van der Waals surface area contributed by atoms with Crippen LogP contribution in [0.5, 0.6) is 0 Å². The van der Waals surface area contributed by atoms with Gasteiger partial charge in [-0.1, -0.05) is 170 Å². The van der Waals surface area contributed by atoms with E-state index in [0.717, 1.165) is 61.7 Å². The van der Waals surface area contributed by atoms with Crippen LogP contribution in [0.4, 0.5) is 0 Å². The van der Waals surface area contributed by atoms with Crippen molar-refractivity contribution in [1.29, 1.82) is 0 Å². The van der Waals surface area contributed by atoms with Crippen LogP contribution < -0.4 is 0 Å². The van der Waals surface area contributed by atoms with E-state index in [0.29, 0.717) is 0 Å². The Morgan fingerprint density at radius 3 is 1.20 bits per heavy atom. The Labute approximate surface area is 453 Å². The average molecular weight is 1010 g/mol. The van der Waals surface area contributed by atoms with Crippen molar-refractivity contribution in [3.63, 3.8) is 0 Å². The Balaban J connectivity index is 0.716. The minimum atomic E-state index is 0.890. The fourth-order valence-corrected chi connectivity index (χ4v) is 13.0. The first-order chi connectivity index (χ1) is 39.2. The highest BCUT2D eigenvalue weighted by Gasteiger charge is 2.23. The van der Waals surface area contributed by atoms with Gasteiger partial charge in [0.05, 0.1) is 55.2 Å². The van der Waals surface area contributed by atoms with Gasteiger partial charge in [0.1, 0.15) is 0 Å². The molecule has 6 heteroatoms. The van der Waals surface area contributed by atoms with Gasteiger partial charge in [0.15, 0.2) is 0 Å². The standard InChI is InChI=1S/C73H46N6/c1-3-15-47(16-4-1)49-31-36-54(37-32-49)76-63-23-11-8-20-58(63)71-68(76)43-44-69-72(71)59-21-9-12-24-64(59)77(69)55-38-33-50(34-39-55)48-27-29-51(30-28-48)52-35-41-61-70(45-52)79-67-26-14-13-25-66(67)78(73(79)74-61)56-40-42-65-60(46-56)57-19-7-10-22-62(57)75(65)53-17-5-2-6-18-53/h1-46H. The molecule has 0 saturated heterocycles. The van der Waals surface area contributed by atoms with E-state index >= 15 is 0 Å². The predicted octanol–water partition coefficient (Wildman–Crippen LogP) is 18.7. The van der Waals surface area contributed by atoms with Gasteiger partial charge in [0, 0.05) is 55.1 Å². The summed E-state index contributed by atoms with van der Waals surface area (Å²) in [7, 11) is 0. The summed E-state index contributed by atoms with van der Waals surface area (Å²) in [4.78, 5) is 5.34. The smallest absolute Gasteiger partial charge is 0.220 e. The molecule has 79 heavy (non-hydrogen) atoms. The van der Waals surface area contributed by atoms with Gasteiger partial charge < -0.3 is 13.7 Å². The molecule has 0 amide bonds. The molecule has 0 saturated carbocycles. The molecule has 0 aliphatic rings. The molecule has 5 aromatic heterocycles. The van der Waals surface area contributed by atoms with Crippen LogP contribution >= 0.6 is 0 Å². The molecular formula is C73H46N6. The molecule has 368 valence electrons. The van der Waals surface area contributed by atoms with Gasteiger partial charge in [-0.2, -0.15) is 0 Å². The summed E-state index contributed by atoms with van der Waals surface area (Å²) in [6.07, 6.45) is 0. The van der Waals surface area contributed by atoms with Gasteiger partial charge in [0.25, 0.3) is 0 Å². The number of fused-ring (bicyclic) bond motifs is 15. The molecule has 0 bridgehead atoms. The number of hydrogen-bond acceptors (Lipinski definition) is 1. The Hall–Kier alpha value is -10.7. The summed E-state index contributed by atoms with van der Waals surface area (Å²) in [6, 6.07) is 101. The largest absolute Gasteiger partial charge is 0.309 e. The second kappa shape index (κ2) is 16.9. The Morgan fingerprint density at radius 2 is 0.608 bits per heavy atom. The maximum Gasteiger partial charge on any atom is 0.220 e. The fraction of sp³-hybridized carbons (Fsp3) is 0. The van der Waals surface area contributed by atoms with Crippen molar-refractivity contribution in [2.75, 3.05) is 0 Å². The first-order valence-electron chi connectivity index (χ1n) is 27.0. The highest BCUT2D eigenvalue weighted by molar-refractivity contribution is 6.29. The molecule has 0 aliphatic carbocycles. The normalized spacial score (nSPS) is 12.1. The van der Waals surface area contributed by atoms with Crippen LogP contribution in [0.25, 0.3) is 149 Å². The van der Waals surface area contributed by atoms with Crippen molar-refractivity contribution in [3.05, 3.63) is 279 Å². The summed E-state index contributed by atoms with van der Waals surface area (Å²) >= 11 is 0. The zero-order chi connectivity index (χ0) is 51.7. The van der Waals surface area contributed by atoms with E-state index in [2.05, 4.69) is 302 Å². The van der Waals surface area contributed by atoms with Crippen molar-refractivity contribution in [1.82, 2.24) is 27.7 Å². The molecule has 12 aromatic carbocycles. The molecule has 0 atom stereocenters. The lowest BCUT2D eigenvalue weighted by Crippen LogP contribution is -1.96. The van der Waals surface area contributed by atoms with Crippen LogP contribution in [0.15, 0.2) is 279 Å². The maximum atomic E-state index is 5.34. The minimum absolute atomic E-state index is 0.890. The average Bonchev–Trinajstić information content (AvgIpc) is 4.52. The van der Waals surface area contributed by atoms with Gasteiger partial charge >= 0.3 is 0 Å². The lowest BCUT2D eigenvalue weighted by Gasteiger charge is -2.11. The fourth-order valence-electron chi connectivity index (χ4n) is 13.0. The first-order valence-corrected chi connectivity index (χ1v) is 27.0. The van der Waals surface area contributed by atoms with E-state index in [1.54, 1.807) is 0 Å². The van der Waals surface area contributed by atoms with Crippen LogP contribution in [0.1, 0.15) is 0 Å². The molecule has 0 radical (unpaired) electrons. The van der Waals surface area contributed by atoms with E-state index in [1.165, 1.54) is 87.7 Å². The Bertz CT molecular complexity index is 5270. The Morgan fingerprint density at radius 1 is 0.215 bits per heavy atom. The predicted molar refractivity (Wildman–Crippen MR) is 329 cm³/mol. The number of rotatable bonds is 7. The third kappa shape index (κ3) is 6.49. The second-order valence-corrected chi connectivity index (χ2v) is 20.8. The van der Waals surface area contributed by atoms with Crippen molar-refractivity contribution >= 4 is 93.3 Å². The molecule has 17 rings (SSSR count). The van der Waals surface area contributed by atoms with Gasteiger partial charge in [0.2, 0.25) is 5.78 Å². The molecule has 0 N–H and O–H groups in total. The van der Waals surface area contributed by atoms with Gasteiger partial charge in [-0.25, -0.2) is 4.98 Å². The van der Waals surface area contributed by atoms with E-state index in [1.807, 2.05) is 0 Å². The van der Waals surface area contributed by atoms with Crippen LogP contribution in [-0.4, -0.2) is 27.7 Å². The third-order valence-corrected chi connectivity index (χ3v) is 16.5. The second-order valence-electron chi connectivity index (χ2n) is 20.8. The summed E-state index contributed by atoms with van der Waals surface area (Å²) in [6.45, 7) is 0. The van der Waals surface area contributed by atoms with E-state index in [9.17, 15) is 0 Å². The van der Waals surface area contributed by atoms with Gasteiger partial charge in [-0.3, -0.25) is 8.97 Å². The molecule has 17 aromatic rings. The van der Waals surface area contributed by atoms with Crippen molar-refractivity contribution in [2.24, 2.45) is 0 Å². The number of hydrogen-bond donors (Lipinski definition) is 0. The summed E-state index contributed by atoms with van der Waals surface area (Å²) in [5, 5.41) is 7.46. The summed E-state index contributed by atoms with van der Waals surface area (Å²) in [5.74, 6) is 0.890. The summed E-state index contributed by atoms with van der Waals surface area (Å²) < 4.78 is 11.9. The highest BCUT2D eigenvalue weighted by Crippen LogP contribution is 2.43. The topological polar surface area (TPSA) is 37.0 Å². The van der Waals surface area contributed by atoms with Crippen molar-refractivity contribution in [2.45, 2.75) is 0 Å². The highest BCUT2D eigenvalue weighted by atomic mass is 15.2. The minimum Gasteiger partial charge on any atom is -0.309 e. The first kappa shape index (κ1) is 43.5. The molecule has 6 nitrogen and oxygen atoms in total. The molecular weight excluding hydrogens is 961 g/mol. The van der Waals surface area contributed by atoms with Gasteiger partial charge in [-0.05, 0) is 143 Å². The van der Waals surface area contributed by atoms with Crippen LogP contribution in [-0.2, 0) is 0 Å². The maximum absolute atomic E-state index is 5.34. The third-order valence-electron chi connectivity index (χ3n) is 16.5.